The van der Waals surface area contributed by atoms with Crippen LogP contribution < -0.4 is 10.6 Å². The van der Waals surface area contributed by atoms with Gasteiger partial charge in [0, 0.05) is 10.2 Å². The normalized spacial score (nSPS) is 29.2. The predicted octanol–water partition coefficient (Wildman–Crippen LogP) is 4.19. The highest BCUT2D eigenvalue weighted by Gasteiger charge is 2.50. The highest BCUT2D eigenvalue weighted by Crippen LogP contribution is 2.47. The summed E-state index contributed by atoms with van der Waals surface area (Å²) in [4.78, 5) is 6.80. The van der Waals surface area contributed by atoms with Crippen LogP contribution in [-0.2, 0) is 0 Å². The van der Waals surface area contributed by atoms with E-state index in [-0.39, 0.29) is 5.54 Å². The average Bonchev–Trinajstić information content (AvgIpc) is 2.98. The average molecular weight is 357 g/mol. The van der Waals surface area contributed by atoms with Crippen molar-refractivity contribution < 1.29 is 0 Å². The molecule has 1 heterocycles. The van der Waals surface area contributed by atoms with Crippen LogP contribution in [0.3, 0.4) is 0 Å². The Bertz CT molecular complexity index is 560. The number of nitrogens with zero attached hydrogens (tertiary/aromatic N) is 2. The Hall–Kier alpha value is -0.740. The first kappa shape index (κ1) is 14.2. The molecule has 3 nitrogen and oxygen atoms in total. The van der Waals surface area contributed by atoms with Gasteiger partial charge in [0.25, 0.3) is 0 Å². The molecule has 1 aliphatic heterocycles. The highest BCUT2D eigenvalue weighted by molar-refractivity contribution is 9.10. The molecule has 2 unspecified atom stereocenters. The van der Waals surface area contributed by atoms with Crippen LogP contribution in [0.4, 0.5) is 5.69 Å². The SMILES string of the molecule is CCC1CCCC12CN=C(N)N2c1ccc(Cl)c(Br)c1. The summed E-state index contributed by atoms with van der Waals surface area (Å²) in [6.07, 6.45) is 4.86. The second-order valence-corrected chi connectivity index (χ2v) is 6.97. The number of hydrogen-bond donors (Lipinski definition) is 1. The second-order valence-electron chi connectivity index (χ2n) is 5.71. The van der Waals surface area contributed by atoms with Crippen molar-refractivity contribution in [2.45, 2.75) is 38.1 Å². The van der Waals surface area contributed by atoms with E-state index in [9.17, 15) is 0 Å². The predicted molar refractivity (Wildman–Crippen MR) is 88.5 cm³/mol. The monoisotopic (exact) mass is 355 g/mol. The van der Waals surface area contributed by atoms with Gasteiger partial charge in [-0.3, -0.25) is 4.99 Å². The lowest BCUT2D eigenvalue weighted by Crippen LogP contribution is -2.54. The fourth-order valence-corrected chi connectivity index (χ4v) is 4.30. The van der Waals surface area contributed by atoms with E-state index < -0.39 is 0 Å². The summed E-state index contributed by atoms with van der Waals surface area (Å²) in [6, 6.07) is 5.99. The maximum atomic E-state index is 6.20. The summed E-state index contributed by atoms with van der Waals surface area (Å²) in [5.74, 6) is 1.29. The lowest BCUT2D eigenvalue weighted by Gasteiger charge is -2.40. The van der Waals surface area contributed by atoms with Crippen molar-refractivity contribution in [1.82, 2.24) is 0 Å². The largest absolute Gasteiger partial charge is 0.369 e. The molecular weight excluding hydrogens is 338 g/mol. The van der Waals surface area contributed by atoms with Gasteiger partial charge in [-0.15, -0.1) is 0 Å². The lowest BCUT2D eigenvalue weighted by atomic mass is 9.84. The van der Waals surface area contributed by atoms with Crippen molar-refractivity contribution in [1.29, 1.82) is 0 Å². The van der Waals surface area contributed by atoms with Gasteiger partial charge < -0.3 is 10.6 Å². The van der Waals surface area contributed by atoms with E-state index in [0.717, 1.165) is 28.1 Å². The Morgan fingerprint density at radius 1 is 1.55 bits per heavy atom. The molecule has 1 fully saturated rings. The minimum absolute atomic E-state index is 0.0755. The van der Waals surface area contributed by atoms with Crippen LogP contribution in [0, 0.1) is 5.92 Å². The molecule has 1 aromatic carbocycles. The molecule has 1 saturated carbocycles. The zero-order valence-electron chi connectivity index (χ0n) is 11.6. The van der Waals surface area contributed by atoms with Gasteiger partial charge in [-0.1, -0.05) is 31.4 Å². The number of anilines is 1. The molecule has 3 rings (SSSR count). The van der Waals surface area contributed by atoms with Crippen LogP contribution in [0.15, 0.2) is 27.7 Å². The highest BCUT2D eigenvalue weighted by atomic mass is 79.9. The molecule has 1 aliphatic carbocycles. The number of nitrogens with two attached hydrogens (primary N) is 1. The number of hydrogen-bond acceptors (Lipinski definition) is 3. The molecule has 1 aromatic rings. The van der Waals surface area contributed by atoms with Crippen molar-refractivity contribution in [3.63, 3.8) is 0 Å². The third-order valence-corrected chi connectivity index (χ3v) is 5.98. The Labute approximate surface area is 133 Å². The topological polar surface area (TPSA) is 41.6 Å². The Morgan fingerprint density at radius 2 is 2.35 bits per heavy atom. The minimum Gasteiger partial charge on any atom is -0.369 e. The lowest BCUT2D eigenvalue weighted by molar-refractivity contribution is 0.331. The molecule has 5 heteroatoms. The first-order chi connectivity index (χ1) is 9.58. The number of aliphatic imine (C=N–C) groups is 1. The van der Waals surface area contributed by atoms with Crippen molar-refractivity contribution in [3.8, 4) is 0 Å². The molecule has 108 valence electrons. The van der Waals surface area contributed by atoms with Crippen LogP contribution in [0.2, 0.25) is 5.02 Å². The third kappa shape index (κ3) is 2.04. The van der Waals surface area contributed by atoms with Gasteiger partial charge in [0.05, 0.1) is 17.1 Å². The molecule has 0 radical (unpaired) electrons. The van der Waals surface area contributed by atoms with Gasteiger partial charge in [-0.25, -0.2) is 0 Å². The number of guanidine groups is 1. The fraction of sp³-hybridized carbons (Fsp3) is 0.533. The van der Waals surface area contributed by atoms with E-state index in [0.29, 0.717) is 11.9 Å². The van der Waals surface area contributed by atoms with E-state index in [4.69, 9.17) is 17.3 Å². The summed E-state index contributed by atoms with van der Waals surface area (Å²) < 4.78 is 0.901. The van der Waals surface area contributed by atoms with E-state index in [1.807, 2.05) is 18.2 Å². The first-order valence-corrected chi connectivity index (χ1v) is 8.31. The molecule has 0 amide bonds. The van der Waals surface area contributed by atoms with E-state index in [1.165, 1.54) is 19.3 Å². The number of rotatable bonds is 2. The summed E-state index contributed by atoms with van der Waals surface area (Å²) >= 11 is 9.61. The zero-order chi connectivity index (χ0) is 14.3. The summed E-state index contributed by atoms with van der Waals surface area (Å²) in [7, 11) is 0. The molecule has 2 atom stereocenters. The van der Waals surface area contributed by atoms with Crippen molar-refractivity contribution in [2.75, 3.05) is 11.4 Å². The van der Waals surface area contributed by atoms with Crippen LogP contribution in [0.5, 0.6) is 0 Å². The summed E-state index contributed by atoms with van der Waals surface area (Å²) in [6.45, 7) is 3.08. The Balaban J connectivity index is 2.04. The van der Waals surface area contributed by atoms with Crippen molar-refractivity contribution in [2.24, 2.45) is 16.6 Å². The van der Waals surface area contributed by atoms with Crippen LogP contribution in [-0.4, -0.2) is 18.0 Å². The number of halogens is 2. The fourth-order valence-electron chi connectivity index (χ4n) is 3.81. The standard InChI is InChI=1S/C15H19BrClN3/c1-2-10-4-3-7-15(10)9-19-14(18)20(15)11-5-6-13(17)12(16)8-11/h5-6,8,10H,2-4,7,9H2,1H3,(H2,18,19). The van der Waals surface area contributed by atoms with E-state index >= 15 is 0 Å². The van der Waals surface area contributed by atoms with Crippen molar-refractivity contribution >= 4 is 39.2 Å². The number of benzene rings is 1. The van der Waals surface area contributed by atoms with Gasteiger partial charge in [0.1, 0.15) is 0 Å². The third-order valence-electron chi connectivity index (χ3n) is 4.77. The molecule has 0 bridgehead atoms. The van der Waals surface area contributed by atoms with Gasteiger partial charge in [-0.05, 0) is 52.9 Å². The van der Waals surface area contributed by atoms with E-state index in [2.05, 4.69) is 32.7 Å². The van der Waals surface area contributed by atoms with Crippen LogP contribution >= 0.6 is 27.5 Å². The minimum atomic E-state index is 0.0755. The molecule has 2 aliphatic rings. The molecule has 2 N–H and O–H groups in total. The Kier molecular flexibility index (Phi) is 3.71. The van der Waals surface area contributed by atoms with Crippen LogP contribution in [0.1, 0.15) is 32.6 Å². The van der Waals surface area contributed by atoms with E-state index in [1.54, 1.807) is 0 Å². The molecule has 0 aromatic heterocycles. The molecule has 0 saturated heterocycles. The quantitative estimate of drug-likeness (QED) is 0.863. The van der Waals surface area contributed by atoms with Gasteiger partial charge in [0.2, 0.25) is 0 Å². The van der Waals surface area contributed by atoms with Gasteiger partial charge in [0.15, 0.2) is 5.96 Å². The molecular formula is C15H19BrClN3. The second kappa shape index (κ2) is 5.23. The summed E-state index contributed by atoms with van der Waals surface area (Å²) in [5.41, 5.74) is 7.36. The molecule has 20 heavy (non-hydrogen) atoms. The maximum Gasteiger partial charge on any atom is 0.196 e. The zero-order valence-corrected chi connectivity index (χ0v) is 13.9. The Morgan fingerprint density at radius 3 is 3.05 bits per heavy atom. The molecule has 1 spiro atoms. The van der Waals surface area contributed by atoms with Gasteiger partial charge >= 0.3 is 0 Å². The smallest absolute Gasteiger partial charge is 0.196 e. The van der Waals surface area contributed by atoms with Crippen molar-refractivity contribution in [3.05, 3.63) is 27.7 Å². The van der Waals surface area contributed by atoms with Gasteiger partial charge in [-0.2, -0.15) is 0 Å². The van der Waals surface area contributed by atoms with Crippen LogP contribution in [0.25, 0.3) is 0 Å². The maximum absolute atomic E-state index is 6.20. The first-order valence-electron chi connectivity index (χ1n) is 7.13. The summed E-state index contributed by atoms with van der Waals surface area (Å²) in [5, 5.41) is 0.718.